The van der Waals surface area contributed by atoms with E-state index in [4.69, 9.17) is 5.11 Å². The highest BCUT2D eigenvalue weighted by molar-refractivity contribution is 5.61. The minimum Gasteiger partial charge on any atom is -0.393 e. The molecule has 9 heavy (non-hydrogen) atoms. The first kappa shape index (κ1) is 6.71. The smallest absolute Gasteiger partial charge is 0.102 e. The largest absolute Gasteiger partial charge is 0.393 e. The lowest BCUT2D eigenvalue weighted by Gasteiger charge is -2.08. The van der Waals surface area contributed by atoms with Gasteiger partial charge >= 0.3 is 0 Å². The topological polar surface area (TPSA) is 44.6 Å². The highest BCUT2D eigenvalue weighted by Gasteiger charge is 2.10. The van der Waals surface area contributed by atoms with Crippen LogP contribution in [0.3, 0.4) is 0 Å². The van der Waals surface area contributed by atoms with E-state index >= 15 is 0 Å². The molecule has 0 aromatic rings. The molecular formula is C6H12N2O. The minimum absolute atomic E-state index is 0.157. The molecule has 1 aliphatic heterocycles. The van der Waals surface area contributed by atoms with Crippen LogP contribution in [0.15, 0.2) is 4.99 Å². The summed E-state index contributed by atoms with van der Waals surface area (Å²) < 4.78 is 0. The second-order valence-electron chi connectivity index (χ2n) is 2.34. The Kier molecular flexibility index (Phi) is 2.19. The van der Waals surface area contributed by atoms with Gasteiger partial charge in [-0.25, -0.2) is 0 Å². The third-order valence-corrected chi connectivity index (χ3v) is 1.29. The maximum absolute atomic E-state index is 8.90. The predicted octanol–water partition coefficient (Wildman–Crippen LogP) is -0.243. The van der Waals surface area contributed by atoms with Gasteiger partial charge in [0.2, 0.25) is 0 Å². The molecule has 0 saturated heterocycles. The van der Waals surface area contributed by atoms with E-state index in [1.807, 2.05) is 6.21 Å². The van der Waals surface area contributed by atoms with Gasteiger partial charge in [0.1, 0.15) is 6.17 Å². The second kappa shape index (κ2) is 2.94. The standard InChI is InChI=1S/C6H12N2O/c1-5(9)4-6-7-2-3-8-6/h2,5-6,8-9H,3-4H2,1H3. The molecule has 0 aromatic heterocycles. The van der Waals surface area contributed by atoms with Gasteiger partial charge in [0, 0.05) is 19.2 Å². The van der Waals surface area contributed by atoms with Crippen LogP contribution in [-0.2, 0) is 0 Å². The van der Waals surface area contributed by atoms with Gasteiger partial charge in [0.25, 0.3) is 0 Å². The van der Waals surface area contributed by atoms with Gasteiger partial charge in [-0.1, -0.05) is 0 Å². The number of nitrogens with one attached hydrogen (secondary N) is 1. The van der Waals surface area contributed by atoms with E-state index in [0.29, 0.717) is 0 Å². The van der Waals surface area contributed by atoms with Crippen LogP contribution in [0.5, 0.6) is 0 Å². The van der Waals surface area contributed by atoms with Crippen molar-refractivity contribution in [2.75, 3.05) is 6.54 Å². The average molecular weight is 128 g/mol. The van der Waals surface area contributed by atoms with Crippen LogP contribution in [0.2, 0.25) is 0 Å². The first-order chi connectivity index (χ1) is 4.29. The highest BCUT2D eigenvalue weighted by Crippen LogP contribution is 2.00. The van der Waals surface area contributed by atoms with Gasteiger partial charge < -0.3 is 5.11 Å². The van der Waals surface area contributed by atoms with Crippen molar-refractivity contribution in [3.8, 4) is 0 Å². The van der Waals surface area contributed by atoms with Crippen molar-refractivity contribution in [1.29, 1.82) is 0 Å². The maximum atomic E-state index is 8.90. The number of rotatable bonds is 2. The molecule has 0 radical (unpaired) electrons. The molecule has 1 aliphatic rings. The number of aliphatic hydroxyl groups is 1. The lowest BCUT2D eigenvalue weighted by Crippen LogP contribution is -2.25. The van der Waals surface area contributed by atoms with Gasteiger partial charge in [-0.2, -0.15) is 0 Å². The zero-order valence-electron chi connectivity index (χ0n) is 5.54. The van der Waals surface area contributed by atoms with E-state index in [2.05, 4.69) is 10.3 Å². The van der Waals surface area contributed by atoms with Gasteiger partial charge in [-0.05, 0) is 6.92 Å². The summed E-state index contributed by atoms with van der Waals surface area (Å²) >= 11 is 0. The summed E-state index contributed by atoms with van der Waals surface area (Å²) in [5.74, 6) is 0. The average Bonchev–Trinajstić information content (AvgIpc) is 2.15. The van der Waals surface area contributed by atoms with Crippen molar-refractivity contribution in [1.82, 2.24) is 5.32 Å². The summed E-state index contributed by atoms with van der Waals surface area (Å²) in [6.45, 7) is 2.62. The lowest BCUT2D eigenvalue weighted by atomic mass is 10.2. The maximum Gasteiger partial charge on any atom is 0.102 e. The summed E-state index contributed by atoms with van der Waals surface area (Å²) in [5.41, 5.74) is 0. The molecular weight excluding hydrogens is 116 g/mol. The molecule has 0 saturated carbocycles. The summed E-state index contributed by atoms with van der Waals surface area (Å²) in [4.78, 5) is 4.08. The molecule has 0 aromatic carbocycles. The van der Waals surface area contributed by atoms with Crippen LogP contribution in [0.25, 0.3) is 0 Å². The number of hydrogen-bond donors (Lipinski definition) is 2. The Labute approximate surface area is 54.8 Å². The Hall–Kier alpha value is -0.410. The van der Waals surface area contributed by atoms with E-state index in [1.165, 1.54) is 0 Å². The van der Waals surface area contributed by atoms with Crippen LogP contribution >= 0.6 is 0 Å². The Morgan fingerprint density at radius 1 is 2.00 bits per heavy atom. The second-order valence-corrected chi connectivity index (χ2v) is 2.34. The number of hydrogen-bond acceptors (Lipinski definition) is 3. The Balaban J connectivity index is 2.20. The van der Waals surface area contributed by atoms with Crippen LogP contribution in [0, 0.1) is 0 Å². The fourth-order valence-corrected chi connectivity index (χ4v) is 0.889. The Morgan fingerprint density at radius 3 is 3.22 bits per heavy atom. The highest BCUT2D eigenvalue weighted by atomic mass is 16.3. The van der Waals surface area contributed by atoms with E-state index in [9.17, 15) is 0 Å². The van der Waals surface area contributed by atoms with E-state index in [0.717, 1.165) is 13.0 Å². The van der Waals surface area contributed by atoms with Gasteiger partial charge in [-0.3, -0.25) is 10.3 Å². The van der Waals surface area contributed by atoms with Crippen molar-refractivity contribution in [2.45, 2.75) is 25.6 Å². The molecule has 0 amide bonds. The molecule has 0 fully saturated rings. The molecule has 0 bridgehead atoms. The summed E-state index contributed by atoms with van der Waals surface area (Å²) in [5, 5.41) is 12.0. The van der Waals surface area contributed by atoms with Crippen molar-refractivity contribution in [3.63, 3.8) is 0 Å². The monoisotopic (exact) mass is 128 g/mol. The zero-order chi connectivity index (χ0) is 6.69. The quantitative estimate of drug-likeness (QED) is 0.539. The normalized spacial score (nSPS) is 28.9. The number of aliphatic hydroxyl groups excluding tert-OH is 1. The van der Waals surface area contributed by atoms with Gasteiger partial charge in [-0.15, -0.1) is 0 Å². The minimum atomic E-state index is -0.252. The van der Waals surface area contributed by atoms with Crippen LogP contribution in [0.1, 0.15) is 13.3 Å². The number of aliphatic imine (C=N–C) groups is 1. The van der Waals surface area contributed by atoms with E-state index in [1.54, 1.807) is 6.92 Å². The molecule has 2 unspecified atom stereocenters. The first-order valence-electron chi connectivity index (χ1n) is 3.22. The van der Waals surface area contributed by atoms with Crippen molar-refractivity contribution in [3.05, 3.63) is 0 Å². The first-order valence-corrected chi connectivity index (χ1v) is 3.22. The molecule has 0 aliphatic carbocycles. The van der Waals surface area contributed by atoms with Crippen LogP contribution < -0.4 is 5.32 Å². The van der Waals surface area contributed by atoms with Crippen molar-refractivity contribution < 1.29 is 5.11 Å². The van der Waals surface area contributed by atoms with Crippen LogP contribution in [0.4, 0.5) is 0 Å². The Bertz CT molecular complexity index is 112. The molecule has 1 heterocycles. The van der Waals surface area contributed by atoms with E-state index in [-0.39, 0.29) is 12.3 Å². The molecule has 3 heteroatoms. The zero-order valence-corrected chi connectivity index (χ0v) is 5.54. The fourth-order valence-electron chi connectivity index (χ4n) is 0.889. The van der Waals surface area contributed by atoms with Crippen molar-refractivity contribution >= 4 is 6.21 Å². The SMILES string of the molecule is CC(O)CC1N=CCN1. The van der Waals surface area contributed by atoms with Crippen LogP contribution in [-0.4, -0.2) is 30.1 Å². The third-order valence-electron chi connectivity index (χ3n) is 1.29. The lowest BCUT2D eigenvalue weighted by molar-refractivity contribution is 0.172. The summed E-state index contributed by atoms with van der Waals surface area (Å²) in [6.07, 6.45) is 2.46. The number of nitrogens with zero attached hydrogens (tertiary/aromatic N) is 1. The molecule has 3 nitrogen and oxygen atoms in total. The Morgan fingerprint density at radius 2 is 2.78 bits per heavy atom. The third kappa shape index (κ3) is 2.11. The van der Waals surface area contributed by atoms with Gasteiger partial charge in [0.05, 0.1) is 6.10 Å². The summed E-state index contributed by atoms with van der Waals surface area (Å²) in [7, 11) is 0. The molecule has 1 rings (SSSR count). The molecule has 2 atom stereocenters. The van der Waals surface area contributed by atoms with Gasteiger partial charge in [0.15, 0.2) is 0 Å². The predicted molar refractivity (Wildman–Crippen MR) is 36.6 cm³/mol. The molecule has 52 valence electrons. The fraction of sp³-hybridized carbons (Fsp3) is 0.833. The van der Waals surface area contributed by atoms with E-state index < -0.39 is 0 Å². The summed E-state index contributed by atoms with van der Waals surface area (Å²) in [6, 6.07) is 0. The molecule has 2 N–H and O–H groups in total. The molecule has 0 spiro atoms. The van der Waals surface area contributed by atoms with Crippen molar-refractivity contribution in [2.24, 2.45) is 4.99 Å².